The van der Waals surface area contributed by atoms with Crippen LogP contribution in [0.25, 0.3) is 11.0 Å². The minimum atomic E-state index is -4.46. The first kappa shape index (κ1) is 23.7. The molecule has 11 heteroatoms. The normalized spacial score (nSPS) is 12.6. The van der Waals surface area contributed by atoms with Crippen LogP contribution >= 0.6 is 11.3 Å². The first-order valence-electron chi connectivity index (χ1n) is 10.5. The fraction of sp³-hybridized carbons (Fsp3) is 0.304. The third-order valence-corrected chi connectivity index (χ3v) is 6.39. The van der Waals surface area contributed by atoms with Crippen LogP contribution in [0.2, 0.25) is 0 Å². The van der Waals surface area contributed by atoms with E-state index in [4.69, 9.17) is 4.74 Å². The number of halogens is 3. The summed E-state index contributed by atoms with van der Waals surface area (Å²) in [4.78, 5) is 26.4. The van der Waals surface area contributed by atoms with Crippen LogP contribution in [-0.2, 0) is 13.2 Å². The number of Topliss-reactive ketones (excluding diaryl/α,β-unsaturated/α-hetero) is 1. The standard InChI is InChI=1S/C23H22F3N5O2S/c1-4-33-20-8-14(23(24,25)26)5-6-15(20)30-22-28-11-21(34-22)13(2)7-19(32)16-9-18-17(10-27-16)29-12-31(18)3/h5-6,8-13H,4,7H2,1-3H3,(H,28,30). The molecule has 0 fully saturated rings. The smallest absolute Gasteiger partial charge is 0.416 e. The molecule has 0 aliphatic carbocycles. The number of benzene rings is 1. The van der Waals surface area contributed by atoms with Crippen molar-refractivity contribution in [1.82, 2.24) is 19.5 Å². The van der Waals surface area contributed by atoms with Crippen LogP contribution < -0.4 is 10.1 Å². The van der Waals surface area contributed by atoms with E-state index in [0.717, 1.165) is 28.0 Å². The van der Waals surface area contributed by atoms with E-state index in [-0.39, 0.29) is 30.5 Å². The molecule has 1 aromatic carbocycles. The van der Waals surface area contributed by atoms with Crippen LogP contribution in [0, 0.1) is 0 Å². The van der Waals surface area contributed by atoms with Gasteiger partial charge in [0.15, 0.2) is 10.9 Å². The summed E-state index contributed by atoms with van der Waals surface area (Å²) in [6.07, 6.45) is 0.692. The molecule has 0 spiro atoms. The van der Waals surface area contributed by atoms with Gasteiger partial charge in [-0.2, -0.15) is 13.2 Å². The lowest BCUT2D eigenvalue weighted by molar-refractivity contribution is -0.137. The maximum atomic E-state index is 13.0. The van der Waals surface area contributed by atoms with E-state index in [2.05, 4.69) is 20.3 Å². The van der Waals surface area contributed by atoms with Crippen molar-refractivity contribution in [1.29, 1.82) is 0 Å². The molecule has 0 saturated carbocycles. The summed E-state index contributed by atoms with van der Waals surface area (Å²) in [5.74, 6) is -0.127. The number of hydrogen-bond acceptors (Lipinski definition) is 7. The maximum absolute atomic E-state index is 13.0. The lowest BCUT2D eigenvalue weighted by Crippen LogP contribution is -2.06. The molecule has 1 N–H and O–H groups in total. The van der Waals surface area contributed by atoms with Crippen molar-refractivity contribution in [2.75, 3.05) is 11.9 Å². The molecule has 4 rings (SSSR count). The molecule has 0 saturated heterocycles. The number of alkyl halides is 3. The molecule has 3 heterocycles. The van der Waals surface area contributed by atoms with Crippen LogP contribution in [0.1, 0.15) is 47.1 Å². The molecule has 0 aliphatic rings. The van der Waals surface area contributed by atoms with Gasteiger partial charge in [0.05, 0.1) is 35.9 Å². The number of nitrogens with zero attached hydrogens (tertiary/aromatic N) is 4. The molecular weight excluding hydrogens is 467 g/mol. The van der Waals surface area contributed by atoms with Crippen LogP contribution in [0.15, 0.2) is 43.0 Å². The minimum Gasteiger partial charge on any atom is -0.492 e. The highest BCUT2D eigenvalue weighted by molar-refractivity contribution is 7.15. The lowest BCUT2D eigenvalue weighted by Gasteiger charge is -2.14. The van der Waals surface area contributed by atoms with Crippen molar-refractivity contribution in [3.8, 4) is 5.75 Å². The largest absolute Gasteiger partial charge is 0.492 e. The van der Waals surface area contributed by atoms with E-state index in [1.807, 2.05) is 18.5 Å². The summed E-state index contributed by atoms with van der Waals surface area (Å²) < 4.78 is 46.3. The minimum absolute atomic E-state index is 0.0916. The maximum Gasteiger partial charge on any atom is 0.416 e. The van der Waals surface area contributed by atoms with E-state index >= 15 is 0 Å². The van der Waals surface area contributed by atoms with Crippen molar-refractivity contribution in [2.45, 2.75) is 32.4 Å². The van der Waals surface area contributed by atoms with Crippen LogP contribution in [-0.4, -0.2) is 31.9 Å². The fourth-order valence-electron chi connectivity index (χ4n) is 3.43. The number of carbonyl (C=O) groups excluding carboxylic acids is 1. The number of ketones is 1. The number of hydrogen-bond donors (Lipinski definition) is 1. The van der Waals surface area contributed by atoms with E-state index < -0.39 is 11.7 Å². The predicted molar refractivity (Wildman–Crippen MR) is 124 cm³/mol. The van der Waals surface area contributed by atoms with E-state index in [1.165, 1.54) is 17.4 Å². The molecule has 1 unspecified atom stereocenters. The molecule has 7 nitrogen and oxygen atoms in total. The van der Waals surface area contributed by atoms with Gasteiger partial charge in [0, 0.05) is 24.5 Å². The van der Waals surface area contributed by atoms with Crippen LogP contribution in [0.4, 0.5) is 24.0 Å². The first-order chi connectivity index (χ1) is 16.2. The third kappa shape index (κ3) is 5.04. The van der Waals surface area contributed by atoms with Gasteiger partial charge in [-0.1, -0.05) is 6.92 Å². The number of aromatic nitrogens is 4. The average Bonchev–Trinajstić information content (AvgIpc) is 3.41. The number of rotatable bonds is 8. The Balaban J connectivity index is 1.47. The number of aryl methyl sites for hydroxylation is 1. The van der Waals surface area contributed by atoms with Gasteiger partial charge >= 0.3 is 6.18 Å². The van der Waals surface area contributed by atoms with Gasteiger partial charge in [0.2, 0.25) is 0 Å². The third-order valence-electron chi connectivity index (χ3n) is 5.25. The molecule has 0 amide bonds. The second-order valence-corrected chi connectivity index (χ2v) is 8.84. The number of fused-ring (bicyclic) bond motifs is 1. The number of nitrogens with one attached hydrogen (secondary N) is 1. The zero-order valence-electron chi connectivity index (χ0n) is 18.7. The quantitative estimate of drug-likeness (QED) is 0.308. The van der Waals surface area contributed by atoms with Crippen LogP contribution in [0.3, 0.4) is 0 Å². The number of pyridine rings is 1. The molecule has 178 valence electrons. The Hall–Kier alpha value is -3.47. The lowest BCUT2D eigenvalue weighted by atomic mass is 10.0. The van der Waals surface area contributed by atoms with Gasteiger partial charge in [-0.15, -0.1) is 11.3 Å². The SMILES string of the molecule is CCOc1cc(C(F)(F)F)ccc1Nc1ncc(C(C)CC(=O)c2cc3c(cn2)ncn3C)s1. The van der Waals surface area contributed by atoms with E-state index in [1.54, 1.807) is 31.7 Å². The number of ether oxygens (including phenoxy) is 1. The summed E-state index contributed by atoms with van der Waals surface area (Å²) in [6, 6.07) is 5.01. The Bertz CT molecular complexity index is 1330. The Kier molecular flexibility index (Phi) is 6.56. The molecule has 4 aromatic rings. The number of imidazole rings is 1. The number of thiazole rings is 1. The molecule has 34 heavy (non-hydrogen) atoms. The molecular formula is C23H22F3N5O2S. The topological polar surface area (TPSA) is 81.9 Å². The van der Waals surface area contributed by atoms with Gasteiger partial charge in [-0.05, 0) is 37.1 Å². The van der Waals surface area contributed by atoms with Crippen molar-refractivity contribution in [3.63, 3.8) is 0 Å². The summed E-state index contributed by atoms with van der Waals surface area (Å²) in [6.45, 7) is 3.84. The molecule has 1 atom stereocenters. The average molecular weight is 490 g/mol. The summed E-state index contributed by atoms with van der Waals surface area (Å²) >= 11 is 1.33. The number of anilines is 2. The van der Waals surface area contributed by atoms with Crippen molar-refractivity contribution in [3.05, 3.63) is 59.1 Å². The highest BCUT2D eigenvalue weighted by Gasteiger charge is 2.31. The molecule has 0 bridgehead atoms. The highest BCUT2D eigenvalue weighted by Crippen LogP contribution is 2.37. The Morgan fingerprint density at radius 3 is 2.74 bits per heavy atom. The zero-order chi connectivity index (χ0) is 24.5. The summed E-state index contributed by atoms with van der Waals surface area (Å²) in [5.41, 5.74) is 1.52. The molecule has 0 radical (unpaired) electrons. The van der Waals surface area contributed by atoms with Crippen molar-refractivity contribution >= 4 is 39.0 Å². The predicted octanol–water partition coefficient (Wildman–Crippen LogP) is 5.96. The fourth-order valence-corrected chi connectivity index (χ4v) is 4.31. The Labute approximate surface area is 197 Å². The van der Waals surface area contributed by atoms with Gasteiger partial charge < -0.3 is 14.6 Å². The second kappa shape index (κ2) is 9.41. The van der Waals surface area contributed by atoms with Gasteiger partial charge in [-0.25, -0.2) is 9.97 Å². The second-order valence-electron chi connectivity index (χ2n) is 7.78. The van der Waals surface area contributed by atoms with Crippen LogP contribution in [0.5, 0.6) is 5.75 Å². The highest BCUT2D eigenvalue weighted by atomic mass is 32.1. The van der Waals surface area contributed by atoms with Gasteiger partial charge in [0.1, 0.15) is 17.0 Å². The Morgan fingerprint density at radius 2 is 2.00 bits per heavy atom. The summed E-state index contributed by atoms with van der Waals surface area (Å²) in [5, 5.41) is 3.52. The zero-order valence-corrected chi connectivity index (χ0v) is 19.5. The van der Waals surface area contributed by atoms with E-state index in [9.17, 15) is 18.0 Å². The Morgan fingerprint density at radius 1 is 1.21 bits per heavy atom. The van der Waals surface area contributed by atoms with E-state index in [0.29, 0.717) is 16.5 Å². The van der Waals surface area contributed by atoms with Crippen molar-refractivity contribution in [2.24, 2.45) is 7.05 Å². The van der Waals surface area contributed by atoms with Crippen molar-refractivity contribution < 1.29 is 22.7 Å². The van der Waals surface area contributed by atoms with Gasteiger partial charge in [-0.3, -0.25) is 9.78 Å². The first-order valence-corrected chi connectivity index (χ1v) is 11.3. The summed E-state index contributed by atoms with van der Waals surface area (Å²) in [7, 11) is 1.85. The molecule has 0 aliphatic heterocycles. The number of carbonyl (C=O) groups is 1. The molecule has 3 aromatic heterocycles. The van der Waals surface area contributed by atoms with Gasteiger partial charge in [0.25, 0.3) is 0 Å². The monoisotopic (exact) mass is 489 g/mol.